The van der Waals surface area contributed by atoms with Crippen LogP contribution in [0.1, 0.15) is 31.9 Å². The largest absolute Gasteiger partial charge is 0.471 e. The number of rotatable bonds is 5. The van der Waals surface area contributed by atoms with E-state index in [0.29, 0.717) is 43.3 Å². The zero-order valence-corrected chi connectivity index (χ0v) is 18.8. The molecule has 1 amide bonds. The van der Waals surface area contributed by atoms with Crippen LogP contribution in [0, 0.1) is 12.8 Å². The summed E-state index contributed by atoms with van der Waals surface area (Å²) in [6.45, 7) is 7.52. The van der Waals surface area contributed by atoms with Crippen LogP contribution in [0.25, 0.3) is 22.6 Å². The predicted octanol–water partition coefficient (Wildman–Crippen LogP) is 1.96. The molecule has 2 saturated heterocycles. The molecule has 0 bridgehead atoms. The molecule has 10 heteroatoms. The van der Waals surface area contributed by atoms with Crippen LogP contribution in [0.5, 0.6) is 5.88 Å². The number of imidazole rings is 1. The predicted molar refractivity (Wildman–Crippen MR) is 117 cm³/mol. The molecule has 2 aliphatic rings. The summed E-state index contributed by atoms with van der Waals surface area (Å²) in [5, 5.41) is 4.44. The van der Waals surface area contributed by atoms with E-state index in [2.05, 4.69) is 22.0 Å². The van der Waals surface area contributed by atoms with Crippen LogP contribution in [-0.4, -0.2) is 72.5 Å². The Morgan fingerprint density at radius 3 is 2.81 bits per heavy atom. The van der Waals surface area contributed by atoms with Gasteiger partial charge in [-0.25, -0.2) is 9.97 Å². The minimum Gasteiger partial charge on any atom is -0.471 e. The average Bonchev–Trinajstić information content (AvgIpc) is 3.52. The molecular formula is C22H29N7O3. The second-order valence-corrected chi connectivity index (χ2v) is 8.50. The van der Waals surface area contributed by atoms with Gasteiger partial charge >= 0.3 is 0 Å². The topological polar surface area (TPSA) is 100 Å². The summed E-state index contributed by atoms with van der Waals surface area (Å²) in [5.74, 6) is 1.53. The molecule has 5 heterocycles. The SMILES string of the molecule is CCn1ncc(-c2nc3c(OC4CCN(C(=O)C5CCOCC5)C4)ncnc3n2C)c1C. The van der Waals surface area contributed by atoms with Gasteiger partial charge in [0.05, 0.1) is 18.3 Å². The quantitative estimate of drug-likeness (QED) is 0.599. The summed E-state index contributed by atoms with van der Waals surface area (Å²) in [7, 11) is 1.94. The Hall–Kier alpha value is -3.01. The van der Waals surface area contributed by atoms with Crippen LogP contribution >= 0.6 is 0 Å². The van der Waals surface area contributed by atoms with Crippen LogP contribution in [0.3, 0.4) is 0 Å². The van der Waals surface area contributed by atoms with Crippen molar-refractivity contribution in [1.82, 2.24) is 34.2 Å². The molecule has 2 aliphatic heterocycles. The van der Waals surface area contributed by atoms with Gasteiger partial charge in [-0.3, -0.25) is 9.48 Å². The van der Waals surface area contributed by atoms with Crippen molar-refractivity contribution in [3.05, 3.63) is 18.2 Å². The van der Waals surface area contributed by atoms with Crippen molar-refractivity contribution in [2.45, 2.75) is 45.8 Å². The molecule has 0 radical (unpaired) electrons. The highest BCUT2D eigenvalue weighted by atomic mass is 16.5. The zero-order chi connectivity index (χ0) is 22.2. The first-order valence-electron chi connectivity index (χ1n) is 11.3. The lowest BCUT2D eigenvalue weighted by atomic mass is 9.99. The number of amides is 1. The van der Waals surface area contributed by atoms with Crippen LogP contribution in [0.4, 0.5) is 0 Å². The number of fused-ring (bicyclic) bond motifs is 1. The van der Waals surface area contributed by atoms with E-state index in [1.54, 1.807) is 0 Å². The highest BCUT2D eigenvalue weighted by Crippen LogP contribution is 2.30. The van der Waals surface area contributed by atoms with Gasteiger partial charge in [-0.1, -0.05) is 0 Å². The first-order chi connectivity index (χ1) is 15.6. The van der Waals surface area contributed by atoms with Gasteiger partial charge in [-0.2, -0.15) is 10.1 Å². The van der Waals surface area contributed by atoms with Gasteiger partial charge in [0, 0.05) is 51.4 Å². The molecule has 3 aromatic rings. The second-order valence-electron chi connectivity index (χ2n) is 8.50. The third-order valence-corrected chi connectivity index (χ3v) is 6.57. The number of nitrogens with zero attached hydrogens (tertiary/aromatic N) is 7. The molecule has 0 spiro atoms. The van der Waals surface area contributed by atoms with Crippen molar-refractivity contribution in [2.24, 2.45) is 13.0 Å². The van der Waals surface area contributed by atoms with Crippen LogP contribution < -0.4 is 4.74 Å². The Balaban J connectivity index is 1.36. The molecule has 0 N–H and O–H groups in total. The van der Waals surface area contributed by atoms with Crippen molar-refractivity contribution in [3.8, 4) is 17.3 Å². The molecule has 5 rings (SSSR count). The Morgan fingerprint density at radius 1 is 1.25 bits per heavy atom. The van der Waals surface area contributed by atoms with Crippen molar-refractivity contribution in [1.29, 1.82) is 0 Å². The fraction of sp³-hybridized carbons (Fsp3) is 0.591. The minimum atomic E-state index is -0.105. The van der Waals surface area contributed by atoms with Gasteiger partial charge < -0.3 is 18.9 Å². The monoisotopic (exact) mass is 439 g/mol. The average molecular weight is 440 g/mol. The van der Waals surface area contributed by atoms with E-state index in [1.165, 1.54) is 6.33 Å². The lowest BCUT2D eigenvalue weighted by Crippen LogP contribution is -2.38. The third kappa shape index (κ3) is 3.62. The molecule has 170 valence electrons. The Bertz CT molecular complexity index is 1130. The molecule has 2 fully saturated rings. The Kier molecular flexibility index (Phi) is 5.54. The molecule has 0 saturated carbocycles. The number of carbonyl (C=O) groups excluding carboxylic acids is 1. The molecule has 10 nitrogen and oxygen atoms in total. The van der Waals surface area contributed by atoms with Gasteiger partial charge in [0.2, 0.25) is 11.8 Å². The minimum absolute atomic E-state index is 0.0684. The number of carbonyl (C=O) groups is 1. The highest BCUT2D eigenvalue weighted by Gasteiger charge is 2.33. The second kappa shape index (κ2) is 8.50. The zero-order valence-electron chi connectivity index (χ0n) is 18.8. The van der Waals surface area contributed by atoms with Gasteiger partial charge in [0.25, 0.3) is 0 Å². The highest BCUT2D eigenvalue weighted by molar-refractivity contribution is 5.81. The summed E-state index contributed by atoms with van der Waals surface area (Å²) in [6.07, 6.45) is 5.63. The Labute approximate surface area is 186 Å². The van der Waals surface area contributed by atoms with E-state index in [9.17, 15) is 4.79 Å². The summed E-state index contributed by atoms with van der Waals surface area (Å²) in [5.41, 5.74) is 3.36. The van der Waals surface area contributed by atoms with Crippen LogP contribution in [0.2, 0.25) is 0 Å². The standard InChI is InChI=1S/C22H29N7O3/c1-4-29-14(2)17(11-25-29)19-26-18-20(27(19)3)23-13-24-21(18)32-16-5-8-28(12-16)22(30)15-6-9-31-10-7-15/h11,13,15-16H,4-10,12H2,1-3H3. The molecular weight excluding hydrogens is 410 g/mol. The molecule has 1 unspecified atom stereocenters. The summed E-state index contributed by atoms with van der Waals surface area (Å²) in [6, 6.07) is 0. The molecule has 0 aliphatic carbocycles. The smallest absolute Gasteiger partial charge is 0.245 e. The number of likely N-dealkylation sites (tertiary alicyclic amines) is 1. The molecule has 1 atom stereocenters. The normalized spacial score (nSPS) is 19.7. The van der Waals surface area contributed by atoms with E-state index >= 15 is 0 Å². The van der Waals surface area contributed by atoms with E-state index in [1.807, 2.05) is 34.3 Å². The first kappa shape index (κ1) is 20.9. The van der Waals surface area contributed by atoms with Crippen molar-refractivity contribution in [3.63, 3.8) is 0 Å². The number of hydrogen-bond acceptors (Lipinski definition) is 7. The lowest BCUT2D eigenvalue weighted by Gasteiger charge is -2.26. The van der Waals surface area contributed by atoms with Crippen molar-refractivity contribution in [2.75, 3.05) is 26.3 Å². The summed E-state index contributed by atoms with van der Waals surface area (Å²) >= 11 is 0. The summed E-state index contributed by atoms with van der Waals surface area (Å²) in [4.78, 5) is 28.4. The lowest BCUT2D eigenvalue weighted by molar-refractivity contribution is -0.137. The van der Waals surface area contributed by atoms with E-state index < -0.39 is 0 Å². The van der Waals surface area contributed by atoms with Gasteiger partial charge in [0.15, 0.2) is 11.2 Å². The van der Waals surface area contributed by atoms with Crippen LogP contribution in [-0.2, 0) is 23.1 Å². The molecule has 3 aromatic heterocycles. The maximum absolute atomic E-state index is 12.8. The van der Waals surface area contributed by atoms with Gasteiger partial charge in [-0.15, -0.1) is 0 Å². The van der Waals surface area contributed by atoms with Crippen molar-refractivity contribution >= 4 is 17.1 Å². The fourth-order valence-electron chi connectivity index (χ4n) is 4.68. The fourth-order valence-corrected chi connectivity index (χ4v) is 4.68. The third-order valence-electron chi connectivity index (χ3n) is 6.57. The van der Waals surface area contributed by atoms with Gasteiger partial charge in [0.1, 0.15) is 18.3 Å². The maximum Gasteiger partial charge on any atom is 0.245 e. The number of ether oxygens (including phenoxy) is 2. The van der Waals surface area contributed by atoms with E-state index in [-0.39, 0.29) is 17.9 Å². The number of hydrogen-bond donors (Lipinski definition) is 0. The first-order valence-corrected chi connectivity index (χ1v) is 11.3. The van der Waals surface area contributed by atoms with E-state index in [4.69, 9.17) is 14.5 Å². The summed E-state index contributed by atoms with van der Waals surface area (Å²) < 4.78 is 15.5. The van der Waals surface area contributed by atoms with Crippen LogP contribution in [0.15, 0.2) is 12.5 Å². The maximum atomic E-state index is 12.8. The number of aromatic nitrogens is 6. The van der Waals surface area contributed by atoms with Gasteiger partial charge in [-0.05, 0) is 26.7 Å². The van der Waals surface area contributed by atoms with Crippen molar-refractivity contribution < 1.29 is 14.3 Å². The number of aryl methyl sites for hydroxylation is 2. The molecule has 0 aromatic carbocycles. The van der Waals surface area contributed by atoms with E-state index in [0.717, 1.165) is 42.9 Å². The molecule has 32 heavy (non-hydrogen) atoms. The Morgan fingerprint density at radius 2 is 2.06 bits per heavy atom.